The average Bonchev–Trinajstić information content (AvgIpc) is 2.60. The predicted octanol–water partition coefficient (Wildman–Crippen LogP) is 3.18. The molecule has 0 atom stereocenters. The molecule has 1 aromatic carbocycles. The summed E-state index contributed by atoms with van der Waals surface area (Å²) in [5.41, 5.74) is 4.06. The van der Waals surface area contributed by atoms with Crippen LogP contribution in [0.2, 0.25) is 5.02 Å². The van der Waals surface area contributed by atoms with E-state index < -0.39 is 0 Å². The van der Waals surface area contributed by atoms with Crippen LogP contribution in [0.4, 0.5) is 0 Å². The molecule has 1 heterocycles. The van der Waals surface area contributed by atoms with Crippen molar-refractivity contribution >= 4 is 11.6 Å². The Hall–Kier alpha value is -1.32. The van der Waals surface area contributed by atoms with Gasteiger partial charge in [-0.3, -0.25) is 5.10 Å². The van der Waals surface area contributed by atoms with Gasteiger partial charge in [0.15, 0.2) is 0 Å². The fraction of sp³-hybridized carbons (Fsp3) is 0.250. The standard InChI is InChI=1S/C12H13ClN2O/c1-8-12(11(7-16-2)15-14-8)9-4-3-5-10(13)6-9/h3-6H,7H2,1-2H3,(H,14,15). The van der Waals surface area contributed by atoms with E-state index in [1.54, 1.807) is 7.11 Å². The van der Waals surface area contributed by atoms with E-state index in [9.17, 15) is 0 Å². The lowest BCUT2D eigenvalue weighted by atomic mass is 10.0. The number of aromatic nitrogens is 2. The molecule has 0 saturated carbocycles. The fourth-order valence-corrected chi connectivity index (χ4v) is 1.94. The molecule has 0 aliphatic rings. The SMILES string of the molecule is COCc1n[nH]c(C)c1-c1cccc(Cl)c1. The third kappa shape index (κ3) is 2.10. The van der Waals surface area contributed by atoms with E-state index in [0.717, 1.165) is 27.5 Å². The van der Waals surface area contributed by atoms with Crippen molar-refractivity contribution in [1.29, 1.82) is 0 Å². The number of rotatable bonds is 3. The van der Waals surface area contributed by atoms with Gasteiger partial charge in [0.05, 0.1) is 12.3 Å². The second-order valence-electron chi connectivity index (χ2n) is 3.61. The predicted molar refractivity (Wildman–Crippen MR) is 64.5 cm³/mol. The van der Waals surface area contributed by atoms with E-state index in [-0.39, 0.29) is 0 Å². The first-order valence-corrected chi connectivity index (χ1v) is 5.39. The van der Waals surface area contributed by atoms with E-state index in [2.05, 4.69) is 10.2 Å². The number of H-pyrrole nitrogens is 1. The smallest absolute Gasteiger partial charge is 0.0960 e. The zero-order valence-electron chi connectivity index (χ0n) is 9.25. The van der Waals surface area contributed by atoms with Crippen molar-refractivity contribution in [1.82, 2.24) is 10.2 Å². The van der Waals surface area contributed by atoms with E-state index in [0.29, 0.717) is 6.61 Å². The van der Waals surface area contributed by atoms with Crippen LogP contribution < -0.4 is 0 Å². The van der Waals surface area contributed by atoms with E-state index in [1.807, 2.05) is 31.2 Å². The van der Waals surface area contributed by atoms with Crippen molar-refractivity contribution in [2.45, 2.75) is 13.5 Å². The molecule has 0 bridgehead atoms. The number of aryl methyl sites for hydroxylation is 1. The highest BCUT2D eigenvalue weighted by atomic mass is 35.5. The van der Waals surface area contributed by atoms with Gasteiger partial charge in [0.2, 0.25) is 0 Å². The molecule has 0 aliphatic carbocycles. The minimum Gasteiger partial charge on any atom is -0.378 e. The molecule has 0 aliphatic heterocycles. The first kappa shape index (κ1) is 11.2. The summed E-state index contributed by atoms with van der Waals surface area (Å²) in [5.74, 6) is 0. The molecule has 0 spiro atoms. The summed E-state index contributed by atoms with van der Waals surface area (Å²) in [4.78, 5) is 0. The number of benzene rings is 1. The van der Waals surface area contributed by atoms with Gasteiger partial charge in [0.1, 0.15) is 0 Å². The second-order valence-corrected chi connectivity index (χ2v) is 4.05. The molecular weight excluding hydrogens is 224 g/mol. The number of nitrogens with zero attached hydrogens (tertiary/aromatic N) is 1. The van der Waals surface area contributed by atoms with Crippen LogP contribution in [0.3, 0.4) is 0 Å². The molecule has 16 heavy (non-hydrogen) atoms. The number of methoxy groups -OCH3 is 1. The molecule has 1 aromatic heterocycles. The van der Waals surface area contributed by atoms with Crippen LogP contribution in [0.1, 0.15) is 11.4 Å². The molecule has 0 unspecified atom stereocenters. The summed E-state index contributed by atoms with van der Waals surface area (Å²) in [6.07, 6.45) is 0. The molecule has 84 valence electrons. The maximum atomic E-state index is 5.98. The van der Waals surface area contributed by atoms with Crippen LogP contribution in [0.5, 0.6) is 0 Å². The van der Waals surface area contributed by atoms with Gasteiger partial charge >= 0.3 is 0 Å². The van der Waals surface area contributed by atoms with Crippen molar-refractivity contribution < 1.29 is 4.74 Å². The Labute approximate surface area is 99.4 Å². The second kappa shape index (κ2) is 4.68. The number of nitrogens with one attached hydrogen (secondary N) is 1. The van der Waals surface area contributed by atoms with E-state index >= 15 is 0 Å². The highest BCUT2D eigenvalue weighted by Gasteiger charge is 2.12. The molecule has 0 radical (unpaired) electrons. The molecular formula is C12H13ClN2O. The number of aromatic amines is 1. The summed E-state index contributed by atoms with van der Waals surface area (Å²) < 4.78 is 5.12. The Kier molecular flexibility index (Phi) is 3.27. The molecule has 4 heteroatoms. The lowest BCUT2D eigenvalue weighted by Crippen LogP contribution is -1.91. The van der Waals surface area contributed by atoms with Gasteiger partial charge in [-0.15, -0.1) is 0 Å². The minimum atomic E-state index is 0.492. The Morgan fingerprint density at radius 2 is 2.25 bits per heavy atom. The quantitative estimate of drug-likeness (QED) is 0.889. The highest BCUT2D eigenvalue weighted by Crippen LogP contribution is 2.28. The summed E-state index contributed by atoms with van der Waals surface area (Å²) in [6.45, 7) is 2.48. The maximum Gasteiger partial charge on any atom is 0.0960 e. The lowest BCUT2D eigenvalue weighted by Gasteiger charge is -2.04. The number of halogens is 1. The van der Waals surface area contributed by atoms with Crippen LogP contribution in [-0.2, 0) is 11.3 Å². The van der Waals surface area contributed by atoms with Gasteiger partial charge in [-0.25, -0.2) is 0 Å². The average molecular weight is 237 g/mol. The third-order valence-electron chi connectivity index (χ3n) is 2.42. The van der Waals surface area contributed by atoms with Crippen molar-refractivity contribution in [3.05, 3.63) is 40.7 Å². The Morgan fingerprint density at radius 1 is 1.44 bits per heavy atom. The van der Waals surface area contributed by atoms with Crippen molar-refractivity contribution in [3.63, 3.8) is 0 Å². The molecule has 2 rings (SSSR count). The van der Waals surface area contributed by atoms with Crippen LogP contribution in [0.15, 0.2) is 24.3 Å². The maximum absolute atomic E-state index is 5.98. The normalized spacial score (nSPS) is 10.7. The monoisotopic (exact) mass is 236 g/mol. The summed E-state index contributed by atoms with van der Waals surface area (Å²) >= 11 is 5.98. The van der Waals surface area contributed by atoms with Gasteiger partial charge in [-0.05, 0) is 24.6 Å². The minimum absolute atomic E-state index is 0.492. The molecule has 0 amide bonds. The number of ether oxygens (including phenoxy) is 1. The van der Waals surface area contributed by atoms with Gasteiger partial charge in [-0.2, -0.15) is 5.10 Å². The summed E-state index contributed by atoms with van der Waals surface area (Å²) in [6, 6.07) is 7.73. The Balaban J connectivity index is 2.50. The van der Waals surface area contributed by atoms with E-state index in [4.69, 9.17) is 16.3 Å². The van der Waals surface area contributed by atoms with Crippen LogP contribution in [-0.4, -0.2) is 17.3 Å². The molecule has 0 saturated heterocycles. The zero-order valence-corrected chi connectivity index (χ0v) is 10.0. The lowest BCUT2D eigenvalue weighted by molar-refractivity contribution is 0.182. The topological polar surface area (TPSA) is 37.9 Å². The van der Waals surface area contributed by atoms with Gasteiger partial charge in [0.25, 0.3) is 0 Å². The molecule has 1 N–H and O–H groups in total. The van der Waals surface area contributed by atoms with Crippen molar-refractivity contribution in [2.24, 2.45) is 0 Å². The van der Waals surface area contributed by atoms with Gasteiger partial charge < -0.3 is 4.74 Å². The van der Waals surface area contributed by atoms with Crippen molar-refractivity contribution in [3.8, 4) is 11.1 Å². The summed E-state index contributed by atoms with van der Waals surface area (Å²) in [5, 5.41) is 7.91. The first-order valence-electron chi connectivity index (χ1n) is 5.01. The molecule has 2 aromatic rings. The molecule has 0 fully saturated rings. The number of hydrogen-bond donors (Lipinski definition) is 1. The highest BCUT2D eigenvalue weighted by molar-refractivity contribution is 6.30. The van der Waals surface area contributed by atoms with Gasteiger partial charge in [-0.1, -0.05) is 23.7 Å². The van der Waals surface area contributed by atoms with Crippen LogP contribution >= 0.6 is 11.6 Å². The van der Waals surface area contributed by atoms with Crippen LogP contribution in [0, 0.1) is 6.92 Å². The summed E-state index contributed by atoms with van der Waals surface area (Å²) in [7, 11) is 1.66. The van der Waals surface area contributed by atoms with Crippen molar-refractivity contribution in [2.75, 3.05) is 7.11 Å². The fourth-order valence-electron chi connectivity index (χ4n) is 1.75. The Bertz CT molecular complexity index is 494. The first-order chi connectivity index (χ1) is 7.72. The zero-order chi connectivity index (χ0) is 11.5. The third-order valence-corrected chi connectivity index (χ3v) is 2.65. The Morgan fingerprint density at radius 3 is 2.94 bits per heavy atom. The van der Waals surface area contributed by atoms with Gasteiger partial charge in [0, 0.05) is 23.4 Å². The number of hydrogen-bond acceptors (Lipinski definition) is 2. The van der Waals surface area contributed by atoms with E-state index in [1.165, 1.54) is 0 Å². The molecule has 3 nitrogen and oxygen atoms in total. The van der Waals surface area contributed by atoms with Crippen LogP contribution in [0.25, 0.3) is 11.1 Å². The largest absolute Gasteiger partial charge is 0.378 e.